The number of sulfonamides is 1. The standard InChI is InChI=1S/C18H20BrNO4S/c1-3-16(13-21)20(12-14-4-8-17(24-2)9-5-14)25(22,23)18-10-6-15(19)7-11-18/h3-11,16,21H,1,12-13H2,2H3/t16-/m0/s1. The van der Waals surface area contributed by atoms with Crippen molar-refractivity contribution >= 4 is 26.0 Å². The molecule has 0 amide bonds. The number of hydrogen-bond acceptors (Lipinski definition) is 4. The van der Waals surface area contributed by atoms with Crippen LogP contribution in [0.25, 0.3) is 0 Å². The third-order valence-corrected chi connectivity index (χ3v) is 6.16. The van der Waals surface area contributed by atoms with Crippen LogP contribution in [-0.2, 0) is 16.6 Å². The molecule has 0 saturated carbocycles. The normalized spacial score (nSPS) is 12.8. The van der Waals surface area contributed by atoms with Crippen LogP contribution in [0.2, 0.25) is 0 Å². The quantitative estimate of drug-likeness (QED) is 0.659. The van der Waals surface area contributed by atoms with E-state index >= 15 is 0 Å². The van der Waals surface area contributed by atoms with Crippen LogP contribution < -0.4 is 4.74 Å². The average Bonchev–Trinajstić information content (AvgIpc) is 2.62. The van der Waals surface area contributed by atoms with E-state index < -0.39 is 16.1 Å². The molecule has 0 aliphatic carbocycles. The molecule has 0 saturated heterocycles. The molecule has 0 fully saturated rings. The van der Waals surface area contributed by atoms with Crippen LogP contribution in [0.5, 0.6) is 5.75 Å². The van der Waals surface area contributed by atoms with E-state index in [0.29, 0.717) is 5.75 Å². The summed E-state index contributed by atoms with van der Waals surface area (Å²) in [5.74, 6) is 0.688. The maximum atomic E-state index is 13.1. The van der Waals surface area contributed by atoms with E-state index in [1.54, 1.807) is 43.5 Å². The topological polar surface area (TPSA) is 66.8 Å². The first-order valence-electron chi connectivity index (χ1n) is 7.56. The lowest BCUT2D eigenvalue weighted by Crippen LogP contribution is -2.40. The summed E-state index contributed by atoms with van der Waals surface area (Å²) in [5.41, 5.74) is 0.779. The van der Waals surface area contributed by atoms with Crippen LogP contribution in [0.15, 0.2) is 70.6 Å². The monoisotopic (exact) mass is 425 g/mol. The Morgan fingerprint density at radius 1 is 1.20 bits per heavy atom. The van der Waals surface area contributed by atoms with Crippen LogP contribution in [0.4, 0.5) is 0 Å². The molecule has 5 nitrogen and oxygen atoms in total. The third kappa shape index (κ3) is 4.70. The average molecular weight is 426 g/mol. The predicted molar refractivity (Wildman–Crippen MR) is 101 cm³/mol. The number of benzene rings is 2. The van der Waals surface area contributed by atoms with Crippen molar-refractivity contribution in [2.45, 2.75) is 17.5 Å². The molecule has 0 aromatic heterocycles. The maximum Gasteiger partial charge on any atom is 0.243 e. The Labute approximate surface area is 156 Å². The van der Waals surface area contributed by atoms with Gasteiger partial charge in [0, 0.05) is 11.0 Å². The highest BCUT2D eigenvalue weighted by molar-refractivity contribution is 9.10. The Hall–Kier alpha value is -1.67. The molecule has 1 atom stereocenters. The lowest BCUT2D eigenvalue weighted by molar-refractivity contribution is 0.211. The maximum absolute atomic E-state index is 13.1. The van der Waals surface area contributed by atoms with E-state index in [0.717, 1.165) is 10.0 Å². The number of aliphatic hydroxyl groups is 1. The second-order valence-electron chi connectivity index (χ2n) is 5.34. The summed E-state index contributed by atoms with van der Waals surface area (Å²) in [4.78, 5) is 0.157. The Bertz CT molecular complexity index is 804. The molecule has 134 valence electrons. The van der Waals surface area contributed by atoms with Gasteiger partial charge in [0.1, 0.15) is 5.75 Å². The number of nitrogens with zero attached hydrogens (tertiary/aromatic N) is 1. The number of methoxy groups -OCH3 is 1. The first-order valence-corrected chi connectivity index (χ1v) is 9.79. The summed E-state index contributed by atoms with van der Waals surface area (Å²) in [6, 6.07) is 12.8. The molecule has 0 spiro atoms. The predicted octanol–water partition coefficient (Wildman–Crippen LogP) is 3.20. The zero-order valence-corrected chi connectivity index (χ0v) is 16.2. The van der Waals surface area contributed by atoms with Gasteiger partial charge >= 0.3 is 0 Å². The highest BCUT2D eigenvalue weighted by Gasteiger charge is 2.29. The van der Waals surface area contributed by atoms with E-state index in [-0.39, 0.29) is 18.0 Å². The van der Waals surface area contributed by atoms with Gasteiger partial charge in [-0.15, -0.1) is 6.58 Å². The van der Waals surface area contributed by atoms with Crippen molar-refractivity contribution in [3.05, 3.63) is 71.2 Å². The molecule has 0 radical (unpaired) electrons. The van der Waals surface area contributed by atoms with Gasteiger partial charge in [-0.05, 0) is 42.0 Å². The summed E-state index contributed by atoms with van der Waals surface area (Å²) in [6.07, 6.45) is 1.43. The fraction of sp³-hybridized carbons (Fsp3) is 0.222. The molecule has 2 aromatic rings. The van der Waals surface area contributed by atoms with Gasteiger partial charge in [-0.2, -0.15) is 4.31 Å². The van der Waals surface area contributed by atoms with E-state index in [9.17, 15) is 13.5 Å². The van der Waals surface area contributed by atoms with Crippen molar-refractivity contribution in [2.75, 3.05) is 13.7 Å². The smallest absolute Gasteiger partial charge is 0.243 e. The molecule has 25 heavy (non-hydrogen) atoms. The molecule has 2 aromatic carbocycles. The van der Waals surface area contributed by atoms with Gasteiger partial charge < -0.3 is 9.84 Å². The summed E-state index contributed by atoms with van der Waals surface area (Å²) in [5, 5.41) is 9.61. The summed E-state index contributed by atoms with van der Waals surface area (Å²) < 4.78 is 33.3. The van der Waals surface area contributed by atoms with Crippen LogP contribution in [0, 0.1) is 0 Å². The Balaban J connectivity index is 2.40. The van der Waals surface area contributed by atoms with Crippen LogP contribution in [0.1, 0.15) is 5.56 Å². The van der Waals surface area contributed by atoms with Gasteiger partial charge in [-0.25, -0.2) is 8.42 Å². The van der Waals surface area contributed by atoms with Crippen LogP contribution >= 0.6 is 15.9 Å². The molecule has 7 heteroatoms. The fourth-order valence-corrected chi connectivity index (χ4v) is 4.16. The molecule has 0 aliphatic heterocycles. The molecule has 0 unspecified atom stereocenters. The van der Waals surface area contributed by atoms with Crippen molar-refractivity contribution in [3.8, 4) is 5.75 Å². The molecule has 0 heterocycles. The number of aliphatic hydroxyl groups excluding tert-OH is 1. The minimum Gasteiger partial charge on any atom is -0.497 e. The molecule has 0 bridgehead atoms. The molecule has 2 rings (SSSR count). The molecule has 1 N–H and O–H groups in total. The van der Waals surface area contributed by atoms with Gasteiger partial charge in [0.05, 0.1) is 24.7 Å². The highest BCUT2D eigenvalue weighted by Crippen LogP contribution is 2.24. The van der Waals surface area contributed by atoms with Gasteiger partial charge in [0.25, 0.3) is 0 Å². The zero-order valence-electron chi connectivity index (χ0n) is 13.8. The SMILES string of the molecule is C=C[C@@H](CO)N(Cc1ccc(OC)cc1)S(=O)(=O)c1ccc(Br)cc1. The summed E-state index contributed by atoms with van der Waals surface area (Å²) in [6.45, 7) is 3.41. The van der Waals surface area contributed by atoms with Crippen molar-refractivity contribution in [2.24, 2.45) is 0 Å². The molecule has 0 aliphatic rings. The molecular weight excluding hydrogens is 406 g/mol. The number of hydrogen-bond donors (Lipinski definition) is 1. The first kappa shape index (κ1) is 19.7. The van der Waals surface area contributed by atoms with Gasteiger partial charge in [-0.1, -0.05) is 34.1 Å². The zero-order chi connectivity index (χ0) is 18.4. The lowest BCUT2D eigenvalue weighted by Gasteiger charge is -2.28. The second-order valence-corrected chi connectivity index (χ2v) is 8.14. The lowest BCUT2D eigenvalue weighted by atomic mass is 10.2. The van der Waals surface area contributed by atoms with E-state index in [4.69, 9.17) is 4.74 Å². The minimum atomic E-state index is -3.81. The third-order valence-electron chi connectivity index (χ3n) is 3.75. The second kappa shape index (κ2) is 8.62. The van der Waals surface area contributed by atoms with Gasteiger partial charge in [0.2, 0.25) is 10.0 Å². The van der Waals surface area contributed by atoms with E-state index in [2.05, 4.69) is 22.5 Å². The minimum absolute atomic E-state index is 0.111. The van der Waals surface area contributed by atoms with Gasteiger partial charge in [0.15, 0.2) is 0 Å². The van der Waals surface area contributed by atoms with Crippen molar-refractivity contribution in [3.63, 3.8) is 0 Å². The van der Waals surface area contributed by atoms with E-state index in [1.807, 2.05) is 0 Å². The van der Waals surface area contributed by atoms with Gasteiger partial charge in [-0.3, -0.25) is 0 Å². The Morgan fingerprint density at radius 2 is 1.80 bits per heavy atom. The van der Waals surface area contributed by atoms with E-state index in [1.165, 1.54) is 22.5 Å². The van der Waals surface area contributed by atoms with Crippen molar-refractivity contribution in [1.29, 1.82) is 0 Å². The Morgan fingerprint density at radius 3 is 2.28 bits per heavy atom. The van der Waals surface area contributed by atoms with Crippen LogP contribution in [-0.4, -0.2) is 37.6 Å². The molecular formula is C18H20BrNO4S. The highest BCUT2D eigenvalue weighted by atomic mass is 79.9. The number of halogens is 1. The van der Waals surface area contributed by atoms with Crippen molar-refractivity contribution < 1.29 is 18.3 Å². The number of rotatable bonds is 8. The van der Waals surface area contributed by atoms with Crippen molar-refractivity contribution in [1.82, 2.24) is 4.31 Å². The first-order chi connectivity index (χ1) is 11.9. The number of ether oxygens (including phenoxy) is 1. The fourth-order valence-electron chi connectivity index (χ4n) is 2.32. The van der Waals surface area contributed by atoms with Crippen LogP contribution in [0.3, 0.4) is 0 Å². The summed E-state index contributed by atoms with van der Waals surface area (Å²) >= 11 is 3.30. The largest absolute Gasteiger partial charge is 0.497 e. The summed E-state index contributed by atoms with van der Waals surface area (Å²) in [7, 11) is -2.24. The Kier molecular flexibility index (Phi) is 6.78.